The highest BCUT2D eigenvalue weighted by atomic mass is 32.2. The van der Waals surface area contributed by atoms with E-state index in [9.17, 15) is 9.90 Å². The molecule has 4 heteroatoms. The van der Waals surface area contributed by atoms with Gasteiger partial charge in [0.25, 0.3) is 0 Å². The van der Waals surface area contributed by atoms with Crippen LogP contribution in [0.15, 0.2) is 0 Å². The molecular formula is C11H21NO2S. The van der Waals surface area contributed by atoms with E-state index >= 15 is 0 Å². The maximum absolute atomic E-state index is 11.2. The minimum atomic E-state index is -0.733. The monoisotopic (exact) mass is 231 g/mol. The second-order valence-corrected chi connectivity index (χ2v) is 6.41. The summed E-state index contributed by atoms with van der Waals surface area (Å²) >= 11 is 1.82. The molecule has 1 saturated carbocycles. The first-order valence-electron chi connectivity index (χ1n) is 5.57. The average Bonchev–Trinajstić information content (AvgIpc) is 2.87. The number of rotatable bonds is 7. The van der Waals surface area contributed by atoms with Gasteiger partial charge in [0, 0.05) is 6.04 Å². The summed E-state index contributed by atoms with van der Waals surface area (Å²) in [4.78, 5) is 11.2. The molecule has 1 aliphatic carbocycles. The lowest BCUT2D eigenvalue weighted by Crippen LogP contribution is -2.51. The number of aliphatic carboxylic acids is 1. The quantitative estimate of drug-likeness (QED) is 0.704. The summed E-state index contributed by atoms with van der Waals surface area (Å²) < 4.78 is 0. The Hall–Kier alpha value is -0.220. The fourth-order valence-electron chi connectivity index (χ4n) is 1.42. The summed E-state index contributed by atoms with van der Waals surface area (Å²) in [5, 5.41) is 13.0. The third-order valence-corrected chi connectivity index (χ3v) is 3.73. The van der Waals surface area contributed by atoms with Crippen molar-refractivity contribution in [3.8, 4) is 0 Å². The molecular weight excluding hydrogens is 210 g/mol. The van der Waals surface area contributed by atoms with Crippen molar-refractivity contribution in [2.75, 3.05) is 5.75 Å². The Labute approximate surface area is 96.0 Å². The molecule has 0 heterocycles. The normalized spacial score (nSPS) is 20.3. The van der Waals surface area contributed by atoms with E-state index in [0.29, 0.717) is 17.7 Å². The van der Waals surface area contributed by atoms with Gasteiger partial charge >= 0.3 is 5.97 Å². The molecule has 2 N–H and O–H groups in total. The van der Waals surface area contributed by atoms with Gasteiger partial charge in [-0.15, -0.1) is 0 Å². The Morgan fingerprint density at radius 1 is 1.60 bits per heavy atom. The van der Waals surface area contributed by atoms with E-state index in [4.69, 9.17) is 0 Å². The van der Waals surface area contributed by atoms with Crippen molar-refractivity contribution in [2.45, 2.75) is 56.9 Å². The topological polar surface area (TPSA) is 49.3 Å². The summed E-state index contributed by atoms with van der Waals surface area (Å²) in [6.45, 7) is 6.07. The number of hydrogen-bond donors (Lipinski definition) is 2. The van der Waals surface area contributed by atoms with Crippen LogP contribution in [-0.2, 0) is 4.79 Å². The molecule has 88 valence electrons. The standard InChI is InChI=1S/C11H21NO2S/c1-8(2)15-7-6-11(3,10(13)14)12-9-4-5-9/h8-9,12H,4-7H2,1-3H3,(H,13,14). The van der Waals surface area contributed by atoms with Crippen LogP contribution in [0, 0.1) is 0 Å². The van der Waals surface area contributed by atoms with Gasteiger partial charge in [-0.05, 0) is 37.2 Å². The van der Waals surface area contributed by atoms with E-state index in [1.165, 1.54) is 0 Å². The largest absolute Gasteiger partial charge is 0.480 e. The molecule has 15 heavy (non-hydrogen) atoms. The van der Waals surface area contributed by atoms with Crippen LogP contribution in [-0.4, -0.2) is 33.7 Å². The van der Waals surface area contributed by atoms with Crippen LogP contribution in [0.3, 0.4) is 0 Å². The van der Waals surface area contributed by atoms with Crippen LogP contribution >= 0.6 is 11.8 Å². The van der Waals surface area contributed by atoms with Crippen molar-refractivity contribution < 1.29 is 9.90 Å². The molecule has 1 unspecified atom stereocenters. The lowest BCUT2D eigenvalue weighted by atomic mass is 9.99. The molecule has 1 rings (SSSR count). The zero-order chi connectivity index (χ0) is 11.5. The summed E-state index contributed by atoms with van der Waals surface area (Å²) in [5.74, 6) is 0.180. The van der Waals surface area contributed by atoms with Gasteiger partial charge < -0.3 is 5.11 Å². The zero-order valence-corrected chi connectivity index (χ0v) is 10.6. The average molecular weight is 231 g/mol. The van der Waals surface area contributed by atoms with Crippen LogP contribution in [0.5, 0.6) is 0 Å². The molecule has 0 radical (unpaired) electrons. The van der Waals surface area contributed by atoms with Crippen molar-refractivity contribution in [2.24, 2.45) is 0 Å². The third-order valence-electron chi connectivity index (χ3n) is 2.63. The first-order valence-corrected chi connectivity index (χ1v) is 6.61. The van der Waals surface area contributed by atoms with Crippen LogP contribution in [0.1, 0.15) is 40.0 Å². The van der Waals surface area contributed by atoms with Crippen molar-refractivity contribution in [3.63, 3.8) is 0 Å². The zero-order valence-electron chi connectivity index (χ0n) is 9.75. The molecule has 0 amide bonds. The van der Waals surface area contributed by atoms with E-state index in [1.54, 1.807) is 6.92 Å². The first-order chi connectivity index (χ1) is 6.94. The Kier molecular flexibility index (Phi) is 4.46. The molecule has 0 aromatic heterocycles. The van der Waals surface area contributed by atoms with Crippen molar-refractivity contribution in [1.82, 2.24) is 5.32 Å². The molecule has 0 aliphatic heterocycles. The Morgan fingerprint density at radius 2 is 2.20 bits per heavy atom. The highest BCUT2D eigenvalue weighted by molar-refractivity contribution is 7.99. The number of carboxylic acid groups (broad SMARTS) is 1. The highest BCUT2D eigenvalue weighted by Crippen LogP contribution is 2.25. The molecule has 1 fully saturated rings. The van der Waals surface area contributed by atoms with Crippen molar-refractivity contribution >= 4 is 17.7 Å². The van der Waals surface area contributed by atoms with Crippen LogP contribution < -0.4 is 5.32 Å². The van der Waals surface area contributed by atoms with Gasteiger partial charge in [0.2, 0.25) is 0 Å². The smallest absolute Gasteiger partial charge is 0.323 e. The van der Waals surface area contributed by atoms with Crippen LogP contribution in [0.4, 0.5) is 0 Å². The molecule has 0 aromatic carbocycles. The Balaban J connectivity index is 2.37. The van der Waals surface area contributed by atoms with Gasteiger partial charge in [0.05, 0.1) is 0 Å². The van der Waals surface area contributed by atoms with Gasteiger partial charge in [-0.2, -0.15) is 11.8 Å². The fraction of sp³-hybridized carbons (Fsp3) is 0.909. The molecule has 0 spiro atoms. The molecule has 0 saturated heterocycles. The van der Waals surface area contributed by atoms with Gasteiger partial charge in [-0.1, -0.05) is 13.8 Å². The number of carbonyl (C=O) groups is 1. The molecule has 3 nitrogen and oxygen atoms in total. The second kappa shape index (κ2) is 5.21. The van der Waals surface area contributed by atoms with E-state index in [1.807, 2.05) is 11.8 Å². The van der Waals surface area contributed by atoms with Gasteiger partial charge in [-0.25, -0.2) is 0 Å². The molecule has 1 aliphatic rings. The van der Waals surface area contributed by atoms with Crippen LogP contribution in [0.2, 0.25) is 0 Å². The number of thioether (sulfide) groups is 1. The minimum absolute atomic E-state index is 0.440. The predicted octanol–water partition coefficient (Wildman–Crippen LogP) is 2.11. The lowest BCUT2D eigenvalue weighted by Gasteiger charge is -2.26. The van der Waals surface area contributed by atoms with E-state index < -0.39 is 11.5 Å². The summed E-state index contributed by atoms with van der Waals surface area (Å²) in [5.41, 5.74) is -0.733. The Morgan fingerprint density at radius 3 is 2.60 bits per heavy atom. The molecule has 0 aromatic rings. The number of carboxylic acids is 1. The van der Waals surface area contributed by atoms with E-state index in [2.05, 4.69) is 19.2 Å². The highest BCUT2D eigenvalue weighted by Gasteiger charge is 2.37. The second-order valence-electron chi connectivity index (χ2n) is 4.73. The van der Waals surface area contributed by atoms with Gasteiger partial charge in [0.15, 0.2) is 0 Å². The van der Waals surface area contributed by atoms with Gasteiger partial charge in [0.1, 0.15) is 5.54 Å². The lowest BCUT2D eigenvalue weighted by molar-refractivity contribution is -0.144. The molecule has 1 atom stereocenters. The number of nitrogens with one attached hydrogen (secondary N) is 1. The number of hydrogen-bond acceptors (Lipinski definition) is 3. The maximum Gasteiger partial charge on any atom is 0.323 e. The van der Waals surface area contributed by atoms with Crippen LogP contribution in [0.25, 0.3) is 0 Å². The SMILES string of the molecule is CC(C)SCCC(C)(NC1CC1)C(=O)O. The fourth-order valence-corrected chi connectivity index (χ4v) is 2.42. The van der Waals surface area contributed by atoms with Crippen molar-refractivity contribution in [3.05, 3.63) is 0 Å². The predicted molar refractivity (Wildman–Crippen MR) is 64.4 cm³/mol. The third kappa shape index (κ3) is 4.43. The van der Waals surface area contributed by atoms with Gasteiger partial charge in [-0.3, -0.25) is 10.1 Å². The maximum atomic E-state index is 11.2. The summed E-state index contributed by atoms with van der Waals surface area (Å²) in [6.07, 6.45) is 2.95. The van der Waals surface area contributed by atoms with E-state index in [0.717, 1.165) is 18.6 Å². The van der Waals surface area contributed by atoms with E-state index in [-0.39, 0.29) is 0 Å². The molecule has 0 bridgehead atoms. The minimum Gasteiger partial charge on any atom is -0.480 e. The Bertz CT molecular complexity index is 229. The summed E-state index contributed by atoms with van der Waals surface area (Å²) in [7, 11) is 0. The summed E-state index contributed by atoms with van der Waals surface area (Å²) in [6, 6.07) is 0.440. The first kappa shape index (κ1) is 12.8. The van der Waals surface area contributed by atoms with Crippen molar-refractivity contribution in [1.29, 1.82) is 0 Å².